The van der Waals surface area contributed by atoms with Crippen molar-refractivity contribution in [3.05, 3.63) is 70.9 Å². The highest BCUT2D eigenvalue weighted by atomic mass is 16.3. The summed E-state index contributed by atoms with van der Waals surface area (Å²) in [5, 5.41) is 3.32. The summed E-state index contributed by atoms with van der Waals surface area (Å²) >= 11 is 0. The lowest BCUT2D eigenvalue weighted by molar-refractivity contribution is -0.660. The molecule has 1 aliphatic carbocycles. The molecule has 0 unspecified atom stereocenters. The van der Waals surface area contributed by atoms with Crippen molar-refractivity contribution in [3.8, 4) is 11.3 Å². The molecule has 0 saturated carbocycles. The van der Waals surface area contributed by atoms with Crippen LogP contribution >= 0.6 is 0 Å². The predicted molar refractivity (Wildman–Crippen MR) is 150 cm³/mol. The average Bonchev–Trinajstić information content (AvgIpc) is 3.17. The number of furan rings is 1. The minimum atomic E-state index is -0.651. The van der Waals surface area contributed by atoms with Gasteiger partial charge < -0.3 is 4.42 Å². The highest BCUT2D eigenvalue weighted by Crippen LogP contribution is 2.48. The first kappa shape index (κ1) is 22.0. The van der Waals surface area contributed by atoms with Crippen LogP contribution in [0.4, 0.5) is 0 Å². The zero-order chi connectivity index (χ0) is 26.5. The molecule has 5 aromatic rings. The summed E-state index contributed by atoms with van der Waals surface area (Å²) in [6.07, 6.45) is 4.39. The first-order valence-electron chi connectivity index (χ1n) is 13.6. The van der Waals surface area contributed by atoms with Gasteiger partial charge in [-0.15, -0.1) is 0 Å². The molecule has 3 heteroatoms. The second-order valence-electron chi connectivity index (χ2n) is 12.3. The molecular weight excluding hydrogens is 440 g/mol. The van der Waals surface area contributed by atoms with Crippen LogP contribution in [-0.2, 0) is 17.9 Å². The summed E-state index contributed by atoms with van der Waals surface area (Å²) in [6.45, 7) is 15.4. The first-order chi connectivity index (χ1) is 17.3. The zero-order valence-corrected chi connectivity index (χ0v) is 22.8. The van der Waals surface area contributed by atoms with Gasteiger partial charge in [-0.3, -0.25) is 0 Å². The third-order valence-corrected chi connectivity index (χ3v) is 8.56. The van der Waals surface area contributed by atoms with Gasteiger partial charge in [-0.2, -0.15) is 0 Å². The van der Waals surface area contributed by atoms with Gasteiger partial charge in [0, 0.05) is 29.2 Å². The number of aromatic nitrogens is 2. The molecule has 0 radical (unpaired) electrons. The summed E-state index contributed by atoms with van der Waals surface area (Å²) in [5.41, 5.74) is 9.95. The number of aryl methyl sites for hydroxylation is 2. The van der Waals surface area contributed by atoms with Crippen LogP contribution in [0.25, 0.3) is 44.2 Å². The summed E-state index contributed by atoms with van der Waals surface area (Å²) in [5.74, 6) is -0.651. The van der Waals surface area contributed by atoms with E-state index in [0.29, 0.717) is 5.71 Å². The lowest BCUT2D eigenvalue weighted by Gasteiger charge is -2.42. The van der Waals surface area contributed by atoms with E-state index in [1.807, 2.05) is 20.9 Å². The molecule has 0 saturated heterocycles. The van der Waals surface area contributed by atoms with Crippen molar-refractivity contribution in [2.24, 2.45) is 7.05 Å². The minimum absolute atomic E-state index is 0.0694. The van der Waals surface area contributed by atoms with E-state index in [1.54, 1.807) is 0 Å². The summed E-state index contributed by atoms with van der Waals surface area (Å²) < 4.78 is 17.2. The number of benzene rings is 2. The second-order valence-corrected chi connectivity index (χ2v) is 12.3. The molecule has 0 spiro atoms. The van der Waals surface area contributed by atoms with Crippen LogP contribution in [-0.4, -0.2) is 4.98 Å². The SMILES string of the molecule is [2H]C(C)(C)c1ccc(-c2c(C)ccc3c2oc2nc4c5c(ccc4cc23)C(C)(C)CCC5(C)C)[n+](C)c1. The van der Waals surface area contributed by atoms with Crippen LogP contribution in [0.3, 0.4) is 0 Å². The maximum absolute atomic E-state index is 8.44. The fraction of sp³-hybridized carbons (Fsp3) is 0.394. The molecular formula is C33H37N2O+. The van der Waals surface area contributed by atoms with Gasteiger partial charge in [0.15, 0.2) is 11.8 Å². The second kappa shape index (κ2) is 7.65. The Labute approximate surface area is 215 Å². The van der Waals surface area contributed by atoms with Gasteiger partial charge in [0.1, 0.15) is 7.05 Å². The molecule has 3 aromatic heterocycles. The number of hydrogen-bond donors (Lipinski definition) is 0. The summed E-state index contributed by atoms with van der Waals surface area (Å²) in [4.78, 5) is 5.22. The third kappa shape index (κ3) is 3.32. The number of rotatable bonds is 2. The number of pyridine rings is 2. The van der Waals surface area contributed by atoms with E-state index >= 15 is 0 Å². The third-order valence-electron chi connectivity index (χ3n) is 8.56. The molecule has 1 aliphatic rings. The highest BCUT2D eigenvalue weighted by Gasteiger charge is 2.38. The number of fused-ring (bicyclic) bond motifs is 6. The smallest absolute Gasteiger partial charge is 0.227 e. The normalized spacial score (nSPS) is 17.5. The van der Waals surface area contributed by atoms with E-state index in [2.05, 4.69) is 87.8 Å². The Kier molecular flexibility index (Phi) is 4.68. The van der Waals surface area contributed by atoms with Crippen LogP contribution in [0.15, 0.2) is 53.1 Å². The van der Waals surface area contributed by atoms with Crippen LogP contribution in [0.2, 0.25) is 0 Å². The Bertz CT molecular complexity index is 1730. The van der Waals surface area contributed by atoms with Gasteiger partial charge >= 0.3 is 0 Å². The Morgan fingerprint density at radius 3 is 2.44 bits per heavy atom. The van der Waals surface area contributed by atoms with Gasteiger partial charge in [-0.1, -0.05) is 65.8 Å². The quantitative estimate of drug-likeness (QED) is 0.238. The van der Waals surface area contributed by atoms with Gasteiger partial charge in [-0.25, -0.2) is 9.55 Å². The van der Waals surface area contributed by atoms with E-state index in [9.17, 15) is 0 Å². The molecule has 0 aliphatic heterocycles. The fourth-order valence-electron chi connectivity index (χ4n) is 6.20. The molecule has 3 heterocycles. The Hall–Kier alpha value is -3.20. The van der Waals surface area contributed by atoms with Gasteiger partial charge in [-0.05, 0) is 65.3 Å². The van der Waals surface area contributed by atoms with Crippen LogP contribution in [0.1, 0.15) is 83.9 Å². The van der Waals surface area contributed by atoms with Crippen molar-refractivity contribution in [1.82, 2.24) is 4.98 Å². The number of nitrogens with zero attached hydrogens (tertiary/aromatic N) is 2. The minimum Gasteiger partial charge on any atom is -0.437 e. The van der Waals surface area contributed by atoms with Crippen LogP contribution < -0.4 is 4.57 Å². The maximum atomic E-state index is 8.44. The molecule has 0 bridgehead atoms. The number of hydrogen-bond acceptors (Lipinski definition) is 2. The van der Waals surface area contributed by atoms with E-state index in [-0.39, 0.29) is 10.8 Å². The predicted octanol–water partition coefficient (Wildman–Crippen LogP) is 8.41. The molecule has 3 nitrogen and oxygen atoms in total. The molecule has 6 rings (SSSR count). The van der Waals surface area contributed by atoms with E-state index in [0.717, 1.165) is 50.7 Å². The van der Waals surface area contributed by atoms with Crippen molar-refractivity contribution >= 4 is 33.0 Å². The molecule has 0 atom stereocenters. The van der Waals surface area contributed by atoms with Crippen LogP contribution in [0, 0.1) is 6.92 Å². The Morgan fingerprint density at radius 2 is 1.72 bits per heavy atom. The van der Waals surface area contributed by atoms with Crippen molar-refractivity contribution in [2.45, 2.75) is 78.0 Å². The Morgan fingerprint density at radius 1 is 0.972 bits per heavy atom. The van der Waals surface area contributed by atoms with E-state index in [4.69, 9.17) is 10.8 Å². The summed E-state index contributed by atoms with van der Waals surface area (Å²) in [6, 6.07) is 15.4. The largest absolute Gasteiger partial charge is 0.437 e. The maximum Gasteiger partial charge on any atom is 0.227 e. The molecule has 0 N–H and O–H groups in total. The van der Waals surface area contributed by atoms with Crippen molar-refractivity contribution < 1.29 is 10.4 Å². The highest BCUT2D eigenvalue weighted by molar-refractivity contribution is 6.11. The van der Waals surface area contributed by atoms with Gasteiger partial charge in [0.25, 0.3) is 0 Å². The van der Waals surface area contributed by atoms with E-state index < -0.39 is 5.89 Å². The molecule has 36 heavy (non-hydrogen) atoms. The summed E-state index contributed by atoms with van der Waals surface area (Å²) in [7, 11) is 2.05. The van der Waals surface area contributed by atoms with Crippen molar-refractivity contribution in [3.63, 3.8) is 0 Å². The monoisotopic (exact) mass is 478 g/mol. The first-order valence-corrected chi connectivity index (χ1v) is 13.1. The fourth-order valence-corrected chi connectivity index (χ4v) is 6.20. The van der Waals surface area contributed by atoms with E-state index in [1.165, 1.54) is 22.9 Å². The molecule has 0 amide bonds. The van der Waals surface area contributed by atoms with Crippen molar-refractivity contribution in [2.75, 3.05) is 0 Å². The lowest BCUT2D eigenvalue weighted by atomic mass is 9.62. The Balaban J connectivity index is 1.64. The van der Waals surface area contributed by atoms with Gasteiger partial charge in [0.05, 0.1) is 11.1 Å². The van der Waals surface area contributed by atoms with Gasteiger partial charge in [0.2, 0.25) is 11.4 Å². The average molecular weight is 479 g/mol. The van der Waals surface area contributed by atoms with Crippen molar-refractivity contribution in [1.29, 1.82) is 0 Å². The molecule has 0 fully saturated rings. The molecule has 2 aromatic carbocycles. The standard InChI is InChI=1S/C33H37N2O/c1-19(2)22-11-14-26(35(8)18-22)27-20(3)9-12-23-24-17-21-10-13-25-28(29(21)34-31(24)36-30(23)27)33(6,7)16-15-32(25,4)5/h9-14,17-19H,15-16H2,1-8H3/q+1/i19D. The molecule has 184 valence electrons. The lowest BCUT2D eigenvalue weighted by Crippen LogP contribution is -2.34. The van der Waals surface area contributed by atoms with Crippen LogP contribution in [0.5, 0.6) is 0 Å². The zero-order valence-electron chi connectivity index (χ0n) is 23.8. The topological polar surface area (TPSA) is 29.9 Å².